The Morgan fingerprint density at radius 2 is 2.35 bits per heavy atom. The molecule has 92 valence electrons. The molecule has 3 rings (SSSR count). The molecule has 0 fully saturated rings. The minimum atomic E-state index is -0.0914. The zero-order chi connectivity index (χ0) is 11.8. The summed E-state index contributed by atoms with van der Waals surface area (Å²) in [6.45, 7) is 1.51. The topological polar surface area (TPSA) is 60.0 Å². The maximum absolute atomic E-state index is 9.99. The number of rotatable bonds is 2. The highest BCUT2D eigenvalue weighted by Crippen LogP contribution is 2.47. The highest BCUT2D eigenvalue weighted by Gasteiger charge is 2.31. The molecule has 1 atom stereocenters. The van der Waals surface area contributed by atoms with E-state index in [2.05, 4.69) is 5.32 Å². The van der Waals surface area contributed by atoms with E-state index in [1.807, 2.05) is 7.05 Å². The van der Waals surface area contributed by atoms with E-state index >= 15 is 0 Å². The van der Waals surface area contributed by atoms with Crippen molar-refractivity contribution in [2.45, 2.75) is 12.5 Å². The van der Waals surface area contributed by atoms with Gasteiger partial charge in [0.05, 0.1) is 12.7 Å². The molecular formula is C12H15NO4. The van der Waals surface area contributed by atoms with E-state index < -0.39 is 0 Å². The number of phenols is 1. The lowest BCUT2D eigenvalue weighted by Crippen LogP contribution is -2.25. The summed E-state index contributed by atoms with van der Waals surface area (Å²) in [5.41, 5.74) is 1.85. The largest absolute Gasteiger partial charge is 0.508 e. The Morgan fingerprint density at radius 1 is 1.47 bits per heavy atom. The van der Waals surface area contributed by atoms with Gasteiger partial charge >= 0.3 is 0 Å². The van der Waals surface area contributed by atoms with E-state index in [4.69, 9.17) is 14.2 Å². The van der Waals surface area contributed by atoms with Crippen LogP contribution < -0.4 is 14.8 Å². The van der Waals surface area contributed by atoms with E-state index in [1.54, 1.807) is 6.07 Å². The summed E-state index contributed by atoms with van der Waals surface area (Å²) in [4.78, 5) is 0. The molecule has 0 saturated carbocycles. The van der Waals surface area contributed by atoms with Crippen LogP contribution in [0.15, 0.2) is 6.07 Å². The van der Waals surface area contributed by atoms with Gasteiger partial charge in [-0.2, -0.15) is 0 Å². The van der Waals surface area contributed by atoms with Crippen molar-refractivity contribution in [3.05, 3.63) is 17.2 Å². The maximum Gasteiger partial charge on any atom is 0.231 e. The van der Waals surface area contributed by atoms with Gasteiger partial charge in [0.25, 0.3) is 0 Å². The number of benzene rings is 1. The van der Waals surface area contributed by atoms with E-state index in [1.165, 1.54) is 0 Å². The quantitative estimate of drug-likeness (QED) is 0.802. The fourth-order valence-electron chi connectivity index (χ4n) is 2.43. The number of aromatic hydroxyl groups is 1. The molecule has 0 aliphatic carbocycles. The zero-order valence-electron chi connectivity index (χ0n) is 9.66. The Hall–Kier alpha value is -1.46. The van der Waals surface area contributed by atoms with Crippen LogP contribution in [0.2, 0.25) is 0 Å². The number of phenolic OH excluding ortho intramolecular Hbond substituents is 1. The van der Waals surface area contributed by atoms with Crippen molar-refractivity contribution >= 4 is 0 Å². The first-order valence-electron chi connectivity index (χ1n) is 5.71. The third kappa shape index (κ3) is 1.62. The first-order chi connectivity index (χ1) is 8.31. The number of ether oxygens (including phenoxy) is 3. The summed E-state index contributed by atoms with van der Waals surface area (Å²) >= 11 is 0. The average molecular weight is 237 g/mol. The second kappa shape index (κ2) is 4.09. The first-order valence-corrected chi connectivity index (χ1v) is 5.71. The van der Waals surface area contributed by atoms with Gasteiger partial charge in [0.1, 0.15) is 5.75 Å². The Balaban J connectivity index is 2.13. The van der Waals surface area contributed by atoms with Gasteiger partial charge in [0, 0.05) is 23.7 Å². The molecule has 5 heteroatoms. The zero-order valence-corrected chi connectivity index (χ0v) is 9.66. The van der Waals surface area contributed by atoms with Crippen molar-refractivity contribution in [1.82, 2.24) is 5.32 Å². The molecule has 0 aromatic heterocycles. The lowest BCUT2D eigenvalue weighted by molar-refractivity contribution is 0.0408. The second-order valence-corrected chi connectivity index (χ2v) is 4.19. The Bertz CT molecular complexity index is 443. The normalized spacial score (nSPS) is 21.4. The number of hydrogen-bond donors (Lipinski definition) is 2. The summed E-state index contributed by atoms with van der Waals surface area (Å²) in [5, 5.41) is 13.1. The van der Waals surface area contributed by atoms with Crippen LogP contribution in [-0.2, 0) is 11.2 Å². The molecule has 0 saturated heterocycles. The standard InChI is InChI=1S/C12H15NO4/c1-13-5-10-11-7(2-3-15-10)8(14)4-9-12(11)17-6-16-9/h4,10,13-14H,2-3,5-6H2,1H3/t10-/m0/s1. The highest BCUT2D eigenvalue weighted by molar-refractivity contribution is 5.59. The molecule has 1 aromatic rings. The van der Waals surface area contributed by atoms with E-state index in [9.17, 15) is 5.11 Å². The SMILES string of the molecule is CNC[C@@H]1OCCc2c(O)cc3c(c21)OCO3. The lowest BCUT2D eigenvalue weighted by atomic mass is 9.95. The minimum absolute atomic E-state index is 0.0914. The molecule has 2 heterocycles. The third-order valence-corrected chi connectivity index (χ3v) is 3.17. The fourth-order valence-corrected chi connectivity index (χ4v) is 2.43. The van der Waals surface area contributed by atoms with Gasteiger partial charge in [-0.25, -0.2) is 0 Å². The molecule has 0 spiro atoms. The van der Waals surface area contributed by atoms with Crippen LogP contribution in [0, 0.1) is 0 Å². The van der Waals surface area contributed by atoms with Crippen LogP contribution in [0.25, 0.3) is 0 Å². The van der Waals surface area contributed by atoms with Crippen molar-refractivity contribution in [3.63, 3.8) is 0 Å². The molecular weight excluding hydrogens is 222 g/mol. The van der Waals surface area contributed by atoms with Crippen molar-refractivity contribution in [1.29, 1.82) is 0 Å². The van der Waals surface area contributed by atoms with Crippen molar-refractivity contribution < 1.29 is 19.3 Å². The Morgan fingerprint density at radius 3 is 3.18 bits per heavy atom. The molecule has 17 heavy (non-hydrogen) atoms. The molecule has 2 aliphatic heterocycles. The number of fused-ring (bicyclic) bond motifs is 3. The van der Waals surface area contributed by atoms with E-state index in [-0.39, 0.29) is 18.6 Å². The van der Waals surface area contributed by atoms with Crippen LogP contribution in [0.1, 0.15) is 17.2 Å². The smallest absolute Gasteiger partial charge is 0.231 e. The van der Waals surface area contributed by atoms with Crippen LogP contribution in [0.3, 0.4) is 0 Å². The highest BCUT2D eigenvalue weighted by atomic mass is 16.7. The molecule has 0 unspecified atom stereocenters. The molecule has 2 aliphatic rings. The predicted octanol–water partition coefficient (Wildman–Crippen LogP) is 0.954. The fraction of sp³-hybridized carbons (Fsp3) is 0.500. The van der Waals surface area contributed by atoms with Crippen LogP contribution in [-0.4, -0.2) is 32.1 Å². The minimum Gasteiger partial charge on any atom is -0.508 e. The average Bonchev–Trinajstić information content (AvgIpc) is 2.78. The summed E-state index contributed by atoms with van der Waals surface area (Å²) in [6, 6.07) is 1.63. The predicted molar refractivity (Wildman–Crippen MR) is 60.6 cm³/mol. The Kier molecular flexibility index (Phi) is 2.57. The van der Waals surface area contributed by atoms with E-state index in [0.29, 0.717) is 25.3 Å². The second-order valence-electron chi connectivity index (χ2n) is 4.19. The molecule has 0 amide bonds. The molecule has 0 radical (unpaired) electrons. The number of nitrogens with one attached hydrogen (secondary N) is 1. The summed E-state index contributed by atoms with van der Waals surface area (Å²) in [5.74, 6) is 1.60. The number of hydrogen-bond acceptors (Lipinski definition) is 5. The Labute approximate surface area is 99.3 Å². The van der Waals surface area contributed by atoms with Gasteiger partial charge in [0.2, 0.25) is 6.79 Å². The van der Waals surface area contributed by atoms with Gasteiger partial charge in [0.15, 0.2) is 11.5 Å². The molecule has 5 nitrogen and oxygen atoms in total. The lowest BCUT2D eigenvalue weighted by Gasteiger charge is -2.27. The third-order valence-electron chi connectivity index (χ3n) is 3.17. The van der Waals surface area contributed by atoms with Crippen LogP contribution in [0.5, 0.6) is 17.2 Å². The summed E-state index contributed by atoms with van der Waals surface area (Å²) < 4.78 is 16.5. The monoisotopic (exact) mass is 237 g/mol. The molecule has 2 N–H and O–H groups in total. The van der Waals surface area contributed by atoms with Crippen molar-refractivity contribution in [2.75, 3.05) is 27.0 Å². The molecule has 1 aromatic carbocycles. The van der Waals surface area contributed by atoms with Crippen molar-refractivity contribution in [3.8, 4) is 17.2 Å². The van der Waals surface area contributed by atoms with Gasteiger partial charge in [-0.15, -0.1) is 0 Å². The van der Waals surface area contributed by atoms with Gasteiger partial charge < -0.3 is 24.6 Å². The number of likely N-dealkylation sites (N-methyl/N-ethyl adjacent to an activating group) is 1. The van der Waals surface area contributed by atoms with E-state index in [0.717, 1.165) is 16.9 Å². The van der Waals surface area contributed by atoms with Crippen molar-refractivity contribution in [2.24, 2.45) is 0 Å². The van der Waals surface area contributed by atoms with Crippen LogP contribution >= 0.6 is 0 Å². The van der Waals surface area contributed by atoms with Gasteiger partial charge in [-0.3, -0.25) is 0 Å². The van der Waals surface area contributed by atoms with Crippen LogP contribution in [0.4, 0.5) is 0 Å². The van der Waals surface area contributed by atoms with Gasteiger partial charge in [-0.1, -0.05) is 0 Å². The first kappa shape index (κ1) is 10.7. The summed E-state index contributed by atoms with van der Waals surface area (Å²) in [6.07, 6.45) is 0.615. The molecule has 0 bridgehead atoms. The van der Waals surface area contributed by atoms with Gasteiger partial charge in [-0.05, 0) is 13.5 Å². The summed E-state index contributed by atoms with van der Waals surface area (Å²) in [7, 11) is 1.87. The maximum atomic E-state index is 9.99.